The fourth-order valence-corrected chi connectivity index (χ4v) is 1.86. The van der Waals surface area contributed by atoms with E-state index in [1.807, 2.05) is 6.92 Å². The first-order valence-corrected chi connectivity index (χ1v) is 8.17. The highest BCUT2D eigenvalue weighted by molar-refractivity contribution is 7.90. The quantitative estimate of drug-likeness (QED) is 0.761. The Morgan fingerprint density at radius 2 is 2.00 bits per heavy atom. The van der Waals surface area contributed by atoms with Gasteiger partial charge in [-0.2, -0.15) is 0 Å². The van der Waals surface area contributed by atoms with Crippen LogP contribution in [-0.2, 0) is 9.84 Å². The number of rotatable bonds is 7. The predicted octanol–water partition coefficient (Wildman–Crippen LogP) is 1.14. The molecule has 5 nitrogen and oxygen atoms in total. The first-order chi connectivity index (χ1) is 8.83. The van der Waals surface area contributed by atoms with Crippen LogP contribution in [0.2, 0.25) is 0 Å². The van der Waals surface area contributed by atoms with Gasteiger partial charge in [-0.3, -0.25) is 0 Å². The average Bonchev–Trinajstić information content (AvgIpc) is 2.29. The van der Waals surface area contributed by atoms with Crippen LogP contribution < -0.4 is 15.2 Å². The average molecular weight is 303 g/mol. The summed E-state index contributed by atoms with van der Waals surface area (Å²) in [4.78, 5) is 0.267. The fraction of sp³-hybridized carbons (Fsp3) is 0.417. The van der Waals surface area contributed by atoms with Crippen molar-refractivity contribution in [3.05, 3.63) is 23.8 Å². The summed E-state index contributed by atoms with van der Waals surface area (Å²) in [5, 5.41) is 0. The van der Waals surface area contributed by atoms with E-state index in [-0.39, 0.29) is 17.3 Å². The summed E-state index contributed by atoms with van der Waals surface area (Å²) >= 11 is 4.89. The van der Waals surface area contributed by atoms with Gasteiger partial charge in [0.25, 0.3) is 0 Å². The van der Waals surface area contributed by atoms with E-state index in [1.54, 1.807) is 18.2 Å². The predicted molar refractivity (Wildman–Crippen MR) is 78.7 cm³/mol. The zero-order valence-electron chi connectivity index (χ0n) is 10.9. The first kappa shape index (κ1) is 15.7. The second-order valence-electron chi connectivity index (χ2n) is 3.94. The van der Waals surface area contributed by atoms with E-state index in [2.05, 4.69) is 0 Å². The van der Waals surface area contributed by atoms with Gasteiger partial charge in [0.05, 0.1) is 12.4 Å². The van der Waals surface area contributed by atoms with Crippen LogP contribution in [0.5, 0.6) is 11.5 Å². The highest BCUT2D eigenvalue weighted by Crippen LogP contribution is 2.28. The molecule has 0 aromatic heterocycles. The summed E-state index contributed by atoms with van der Waals surface area (Å²) in [6.07, 6.45) is 1.16. The van der Waals surface area contributed by atoms with Crippen molar-refractivity contribution >= 4 is 27.0 Å². The van der Waals surface area contributed by atoms with Crippen LogP contribution in [0.15, 0.2) is 18.2 Å². The normalized spacial score (nSPS) is 11.1. The number of sulfone groups is 1. The molecular formula is C12H17NO4S2. The number of thiocarbonyl (C=S) groups is 1. The Kier molecular flexibility index (Phi) is 5.56. The highest BCUT2D eigenvalue weighted by Gasteiger charge is 2.09. The first-order valence-electron chi connectivity index (χ1n) is 5.70. The monoisotopic (exact) mass is 303 g/mol. The molecule has 0 amide bonds. The maximum atomic E-state index is 11.0. The van der Waals surface area contributed by atoms with Gasteiger partial charge in [0, 0.05) is 11.8 Å². The van der Waals surface area contributed by atoms with Crippen LogP contribution in [0.3, 0.4) is 0 Å². The molecule has 0 aliphatic carbocycles. The Hall–Kier alpha value is -1.34. The third kappa shape index (κ3) is 5.44. The molecule has 1 aromatic carbocycles. The maximum absolute atomic E-state index is 11.0. The molecule has 0 fully saturated rings. The number of nitrogens with two attached hydrogens (primary N) is 1. The summed E-state index contributed by atoms with van der Waals surface area (Å²) in [6, 6.07) is 5.06. The molecule has 0 saturated carbocycles. The lowest BCUT2D eigenvalue weighted by Crippen LogP contribution is -2.13. The minimum Gasteiger partial charge on any atom is -0.490 e. The number of hydrogen-bond acceptors (Lipinski definition) is 5. The Labute approximate surface area is 118 Å². The summed E-state index contributed by atoms with van der Waals surface area (Å²) < 4.78 is 32.9. The van der Waals surface area contributed by atoms with Crippen molar-refractivity contribution in [2.45, 2.75) is 6.92 Å². The van der Waals surface area contributed by atoms with Gasteiger partial charge in [-0.15, -0.1) is 0 Å². The summed E-state index contributed by atoms with van der Waals surface area (Å²) in [7, 11) is -3.05. The number of hydrogen-bond donors (Lipinski definition) is 1. The fourth-order valence-electron chi connectivity index (χ4n) is 1.35. The zero-order chi connectivity index (χ0) is 14.5. The van der Waals surface area contributed by atoms with E-state index >= 15 is 0 Å². The van der Waals surface area contributed by atoms with Gasteiger partial charge in [0.1, 0.15) is 11.6 Å². The van der Waals surface area contributed by atoms with Crippen molar-refractivity contribution in [2.75, 3.05) is 25.2 Å². The topological polar surface area (TPSA) is 78.6 Å². The van der Waals surface area contributed by atoms with E-state index in [0.29, 0.717) is 23.7 Å². The molecule has 0 heterocycles. The van der Waals surface area contributed by atoms with Gasteiger partial charge in [0.2, 0.25) is 0 Å². The van der Waals surface area contributed by atoms with Crippen LogP contribution in [0.1, 0.15) is 12.5 Å². The summed E-state index contributed by atoms with van der Waals surface area (Å²) in [6.45, 7) is 2.38. The van der Waals surface area contributed by atoms with Gasteiger partial charge >= 0.3 is 0 Å². The molecule has 0 spiro atoms. The van der Waals surface area contributed by atoms with E-state index in [9.17, 15) is 8.42 Å². The minimum atomic E-state index is -3.05. The molecule has 0 atom stereocenters. The summed E-state index contributed by atoms with van der Waals surface area (Å²) in [5.41, 5.74) is 6.22. The van der Waals surface area contributed by atoms with Gasteiger partial charge in [-0.1, -0.05) is 12.2 Å². The standard InChI is InChI=1S/C12H17NO4S2/c1-3-16-11-8-9(12(13)18)4-5-10(11)17-6-7-19(2,14)15/h4-5,8H,3,6-7H2,1-2H3,(H2,13,18). The molecule has 0 bridgehead atoms. The second kappa shape index (κ2) is 6.72. The molecule has 0 radical (unpaired) electrons. The third-order valence-corrected chi connectivity index (χ3v) is 3.38. The van der Waals surface area contributed by atoms with Crippen molar-refractivity contribution in [1.82, 2.24) is 0 Å². The zero-order valence-corrected chi connectivity index (χ0v) is 12.5. The molecule has 1 rings (SSSR count). The van der Waals surface area contributed by atoms with Crippen molar-refractivity contribution in [3.8, 4) is 11.5 Å². The lowest BCUT2D eigenvalue weighted by molar-refractivity contribution is 0.288. The molecule has 0 aliphatic rings. The van der Waals surface area contributed by atoms with E-state index in [4.69, 9.17) is 27.4 Å². The number of ether oxygens (including phenoxy) is 2. The van der Waals surface area contributed by atoms with Crippen LogP contribution in [0, 0.1) is 0 Å². The molecule has 7 heteroatoms. The Morgan fingerprint density at radius 1 is 1.32 bits per heavy atom. The lowest BCUT2D eigenvalue weighted by atomic mass is 10.2. The molecule has 1 aromatic rings. The van der Waals surface area contributed by atoms with Gasteiger partial charge in [0.15, 0.2) is 21.3 Å². The van der Waals surface area contributed by atoms with E-state index in [0.717, 1.165) is 6.26 Å². The largest absolute Gasteiger partial charge is 0.490 e. The van der Waals surface area contributed by atoms with Crippen molar-refractivity contribution < 1.29 is 17.9 Å². The number of benzene rings is 1. The highest BCUT2D eigenvalue weighted by atomic mass is 32.2. The molecule has 0 aliphatic heterocycles. The maximum Gasteiger partial charge on any atom is 0.161 e. The Balaban J connectivity index is 2.84. The van der Waals surface area contributed by atoms with Crippen LogP contribution in [-0.4, -0.2) is 38.6 Å². The molecule has 0 saturated heterocycles. The van der Waals surface area contributed by atoms with E-state index < -0.39 is 9.84 Å². The Morgan fingerprint density at radius 3 is 2.53 bits per heavy atom. The molecule has 2 N–H and O–H groups in total. The third-order valence-electron chi connectivity index (χ3n) is 2.24. The molecule has 0 unspecified atom stereocenters. The molecule has 106 valence electrons. The van der Waals surface area contributed by atoms with Gasteiger partial charge in [-0.25, -0.2) is 8.42 Å². The molecule has 19 heavy (non-hydrogen) atoms. The Bertz CT molecular complexity index is 555. The molecular weight excluding hydrogens is 286 g/mol. The van der Waals surface area contributed by atoms with Crippen LogP contribution in [0.4, 0.5) is 0 Å². The van der Waals surface area contributed by atoms with Crippen molar-refractivity contribution in [1.29, 1.82) is 0 Å². The summed E-state index contributed by atoms with van der Waals surface area (Å²) in [5.74, 6) is 0.933. The smallest absolute Gasteiger partial charge is 0.161 e. The van der Waals surface area contributed by atoms with Gasteiger partial charge < -0.3 is 15.2 Å². The van der Waals surface area contributed by atoms with Crippen LogP contribution >= 0.6 is 12.2 Å². The second-order valence-corrected chi connectivity index (χ2v) is 6.64. The minimum absolute atomic E-state index is 0.0460. The lowest BCUT2D eigenvalue weighted by Gasteiger charge is -2.12. The SMILES string of the molecule is CCOc1cc(C(N)=S)ccc1OCCS(C)(=O)=O. The van der Waals surface area contributed by atoms with Crippen LogP contribution in [0.25, 0.3) is 0 Å². The van der Waals surface area contributed by atoms with Gasteiger partial charge in [-0.05, 0) is 25.1 Å². The van der Waals surface area contributed by atoms with Crippen molar-refractivity contribution in [2.24, 2.45) is 5.73 Å². The van der Waals surface area contributed by atoms with E-state index in [1.165, 1.54) is 0 Å². The van der Waals surface area contributed by atoms with Crippen molar-refractivity contribution in [3.63, 3.8) is 0 Å².